The van der Waals surface area contributed by atoms with E-state index in [2.05, 4.69) is 28.4 Å². The second-order valence-electron chi connectivity index (χ2n) is 5.22. The van der Waals surface area contributed by atoms with Gasteiger partial charge in [0, 0.05) is 11.7 Å². The van der Waals surface area contributed by atoms with Crippen LogP contribution in [0.4, 0.5) is 5.95 Å². The third kappa shape index (κ3) is 2.88. The minimum Gasteiger partial charge on any atom is -0.369 e. The number of nitrogens with two attached hydrogens (primary N) is 1. The maximum Gasteiger partial charge on any atom is 0.202 e. The summed E-state index contributed by atoms with van der Waals surface area (Å²) in [6.07, 6.45) is 5.86. The first-order valence-electron chi connectivity index (χ1n) is 7.28. The highest BCUT2D eigenvalue weighted by Crippen LogP contribution is 2.28. The van der Waals surface area contributed by atoms with Crippen molar-refractivity contribution in [3.05, 3.63) is 17.8 Å². The van der Waals surface area contributed by atoms with Crippen LogP contribution in [0.25, 0.3) is 11.2 Å². The Balaban J connectivity index is 2.44. The van der Waals surface area contributed by atoms with Crippen LogP contribution in [0, 0.1) is 6.92 Å². The molecule has 2 N–H and O–H groups in total. The molecule has 2 aromatic heterocycles. The fourth-order valence-electron chi connectivity index (χ4n) is 2.62. The van der Waals surface area contributed by atoms with E-state index in [1.807, 2.05) is 19.1 Å². The molecule has 2 aromatic rings. The Labute approximate surface area is 115 Å². The molecular weight excluding hydrogens is 236 g/mol. The van der Waals surface area contributed by atoms with Gasteiger partial charge in [-0.05, 0) is 31.9 Å². The molecule has 4 nitrogen and oxygen atoms in total. The monoisotopic (exact) mass is 260 g/mol. The molecule has 104 valence electrons. The average molecular weight is 260 g/mol. The van der Waals surface area contributed by atoms with Crippen molar-refractivity contribution >= 4 is 17.1 Å². The molecule has 0 saturated carbocycles. The molecule has 0 aliphatic rings. The van der Waals surface area contributed by atoms with Gasteiger partial charge in [0.2, 0.25) is 5.95 Å². The summed E-state index contributed by atoms with van der Waals surface area (Å²) < 4.78 is 2.14. The number of fused-ring (bicyclic) bond motifs is 1. The summed E-state index contributed by atoms with van der Waals surface area (Å²) in [5.41, 5.74) is 8.97. The highest BCUT2D eigenvalue weighted by atomic mass is 15.2. The van der Waals surface area contributed by atoms with E-state index in [-0.39, 0.29) is 0 Å². The molecular formula is C15H24N4. The Hall–Kier alpha value is -1.58. The fraction of sp³-hybridized carbons (Fsp3) is 0.600. The molecule has 19 heavy (non-hydrogen) atoms. The number of aryl methyl sites for hydroxylation is 1. The van der Waals surface area contributed by atoms with Crippen molar-refractivity contribution in [1.29, 1.82) is 0 Å². The zero-order valence-electron chi connectivity index (χ0n) is 12.2. The Bertz CT molecular complexity index is 544. The van der Waals surface area contributed by atoms with Crippen LogP contribution in [-0.2, 0) is 0 Å². The second-order valence-corrected chi connectivity index (χ2v) is 5.22. The zero-order valence-corrected chi connectivity index (χ0v) is 12.2. The number of pyridine rings is 1. The molecule has 2 heterocycles. The van der Waals surface area contributed by atoms with Crippen molar-refractivity contribution in [1.82, 2.24) is 14.5 Å². The molecule has 0 fully saturated rings. The number of aromatic nitrogens is 3. The van der Waals surface area contributed by atoms with Crippen LogP contribution in [0.1, 0.15) is 57.7 Å². The smallest absolute Gasteiger partial charge is 0.202 e. The number of rotatable bonds is 6. The molecule has 1 unspecified atom stereocenters. The van der Waals surface area contributed by atoms with Crippen molar-refractivity contribution in [3.63, 3.8) is 0 Å². The SMILES string of the molecule is CCCCC(CCC)n1c(N)nc2ccc(C)nc21. The first kappa shape index (κ1) is 13.8. The van der Waals surface area contributed by atoms with Crippen molar-refractivity contribution in [2.24, 2.45) is 0 Å². The van der Waals surface area contributed by atoms with Crippen molar-refractivity contribution < 1.29 is 0 Å². The molecule has 0 aliphatic heterocycles. The van der Waals surface area contributed by atoms with Gasteiger partial charge in [-0.15, -0.1) is 0 Å². The van der Waals surface area contributed by atoms with E-state index >= 15 is 0 Å². The lowest BCUT2D eigenvalue weighted by Crippen LogP contribution is -2.12. The highest BCUT2D eigenvalue weighted by molar-refractivity contribution is 5.74. The number of unbranched alkanes of at least 4 members (excludes halogenated alkanes) is 1. The fourth-order valence-corrected chi connectivity index (χ4v) is 2.62. The van der Waals surface area contributed by atoms with Crippen LogP contribution in [0.2, 0.25) is 0 Å². The van der Waals surface area contributed by atoms with Gasteiger partial charge >= 0.3 is 0 Å². The molecule has 0 aliphatic carbocycles. The highest BCUT2D eigenvalue weighted by Gasteiger charge is 2.17. The molecule has 0 amide bonds. The molecule has 0 spiro atoms. The third-order valence-electron chi connectivity index (χ3n) is 3.58. The van der Waals surface area contributed by atoms with Gasteiger partial charge in [0.1, 0.15) is 5.52 Å². The van der Waals surface area contributed by atoms with Gasteiger partial charge in [-0.1, -0.05) is 33.1 Å². The predicted octanol–water partition coefficient (Wildman–Crippen LogP) is 3.85. The summed E-state index contributed by atoms with van der Waals surface area (Å²) in [4.78, 5) is 9.07. The van der Waals surface area contributed by atoms with Crippen molar-refractivity contribution in [2.75, 3.05) is 5.73 Å². The van der Waals surface area contributed by atoms with E-state index in [1.165, 1.54) is 12.8 Å². The van der Waals surface area contributed by atoms with Gasteiger partial charge in [0.05, 0.1) is 0 Å². The zero-order chi connectivity index (χ0) is 13.8. The van der Waals surface area contributed by atoms with Crippen LogP contribution in [0.15, 0.2) is 12.1 Å². The molecule has 4 heteroatoms. The lowest BCUT2D eigenvalue weighted by Gasteiger charge is -2.19. The van der Waals surface area contributed by atoms with E-state index in [9.17, 15) is 0 Å². The summed E-state index contributed by atoms with van der Waals surface area (Å²) in [5, 5.41) is 0. The van der Waals surface area contributed by atoms with Crippen molar-refractivity contribution in [3.8, 4) is 0 Å². The number of anilines is 1. The Morgan fingerprint density at radius 3 is 2.63 bits per heavy atom. The lowest BCUT2D eigenvalue weighted by atomic mass is 10.0. The predicted molar refractivity (Wildman–Crippen MR) is 80.1 cm³/mol. The van der Waals surface area contributed by atoms with Gasteiger partial charge in [-0.25, -0.2) is 9.97 Å². The van der Waals surface area contributed by atoms with E-state index in [0.717, 1.165) is 36.1 Å². The quantitative estimate of drug-likeness (QED) is 0.858. The summed E-state index contributed by atoms with van der Waals surface area (Å²) in [6, 6.07) is 4.41. The van der Waals surface area contributed by atoms with E-state index in [0.29, 0.717) is 12.0 Å². The maximum atomic E-state index is 6.12. The molecule has 0 radical (unpaired) electrons. The van der Waals surface area contributed by atoms with Crippen LogP contribution < -0.4 is 5.73 Å². The normalized spacial score (nSPS) is 13.0. The first-order valence-corrected chi connectivity index (χ1v) is 7.28. The largest absolute Gasteiger partial charge is 0.369 e. The van der Waals surface area contributed by atoms with Gasteiger partial charge in [-0.3, -0.25) is 4.57 Å². The third-order valence-corrected chi connectivity index (χ3v) is 3.58. The summed E-state index contributed by atoms with van der Waals surface area (Å²) in [6.45, 7) is 6.45. The Kier molecular flexibility index (Phi) is 4.40. The number of imidazole rings is 1. The number of hydrogen-bond acceptors (Lipinski definition) is 3. The second kappa shape index (κ2) is 6.04. The van der Waals surface area contributed by atoms with Crippen LogP contribution in [0.5, 0.6) is 0 Å². The standard InChI is InChI=1S/C15H24N4/c1-4-6-8-12(7-5-2)19-14-13(18-15(19)16)10-9-11(3)17-14/h9-10,12H,4-8H2,1-3H3,(H2,16,18). The average Bonchev–Trinajstić information content (AvgIpc) is 2.70. The summed E-state index contributed by atoms with van der Waals surface area (Å²) in [7, 11) is 0. The van der Waals surface area contributed by atoms with Crippen LogP contribution in [0.3, 0.4) is 0 Å². The number of nitrogen functional groups attached to an aromatic ring is 1. The molecule has 0 aromatic carbocycles. The van der Waals surface area contributed by atoms with Crippen LogP contribution in [-0.4, -0.2) is 14.5 Å². The van der Waals surface area contributed by atoms with E-state index < -0.39 is 0 Å². The maximum absolute atomic E-state index is 6.12. The Morgan fingerprint density at radius 1 is 1.16 bits per heavy atom. The van der Waals surface area contributed by atoms with E-state index in [1.54, 1.807) is 0 Å². The van der Waals surface area contributed by atoms with E-state index in [4.69, 9.17) is 5.73 Å². The minimum atomic E-state index is 0.421. The van der Waals surface area contributed by atoms with Crippen LogP contribution >= 0.6 is 0 Å². The van der Waals surface area contributed by atoms with Gasteiger partial charge in [0.15, 0.2) is 5.65 Å². The summed E-state index contributed by atoms with van der Waals surface area (Å²) in [5.74, 6) is 0.600. The topological polar surface area (TPSA) is 56.7 Å². The number of hydrogen-bond donors (Lipinski definition) is 1. The van der Waals surface area contributed by atoms with Gasteiger partial charge < -0.3 is 5.73 Å². The van der Waals surface area contributed by atoms with Gasteiger partial charge in [-0.2, -0.15) is 0 Å². The van der Waals surface area contributed by atoms with Gasteiger partial charge in [0.25, 0.3) is 0 Å². The number of nitrogens with zero attached hydrogens (tertiary/aromatic N) is 3. The molecule has 1 atom stereocenters. The van der Waals surface area contributed by atoms with Crippen molar-refractivity contribution in [2.45, 2.75) is 58.9 Å². The molecule has 0 bridgehead atoms. The minimum absolute atomic E-state index is 0.421. The summed E-state index contributed by atoms with van der Waals surface area (Å²) >= 11 is 0. The lowest BCUT2D eigenvalue weighted by molar-refractivity contribution is 0.428. The first-order chi connectivity index (χ1) is 9.17. The molecule has 0 saturated heterocycles. The Morgan fingerprint density at radius 2 is 1.95 bits per heavy atom. The molecule has 2 rings (SSSR count).